The van der Waals surface area contributed by atoms with Gasteiger partial charge in [-0.05, 0) is 12.8 Å². The molecule has 0 aromatic carbocycles. The molecule has 1 rings (SSSR count). The summed E-state index contributed by atoms with van der Waals surface area (Å²) in [6.45, 7) is 4.87. The van der Waals surface area contributed by atoms with E-state index in [0.717, 1.165) is 32.2 Å². The second-order valence-electron chi connectivity index (χ2n) is 4.41. The minimum Gasteiger partial charge on any atom is -0.365 e. The van der Waals surface area contributed by atoms with Crippen LogP contribution in [0.15, 0.2) is 0 Å². The second kappa shape index (κ2) is 6.98. The quantitative estimate of drug-likeness (QED) is 0.440. The van der Waals surface area contributed by atoms with Crippen LogP contribution in [0.3, 0.4) is 0 Å². The molecular formula is C12H22N4O2. The van der Waals surface area contributed by atoms with Crippen LogP contribution >= 0.6 is 0 Å². The van der Waals surface area contributed by atoms with Crippen LogP contribution in [0, 0.1) is 10.1 Å². The van der Waals surface area contributed by atoms with Crippen molar-refractivity contribution in [2.24, 2.45) is 7.05 Å². The summed E-state index contributed by atoms with van der Waals surface area (Å²) in [5.41, 5.74) is 0.707. The number of nitrogens with one attached hydrogen (secondary N) is 1. The maximum atomic E-state index is 11.1. The summed E-state index contributed by atoms with van der Waals surface area (Å²) in [6, 6.07) is 0. The van der Waals surface area contributed by atoms with Gasteiger partial charge in [0.25, 0.3) is 0 Å². The molecule has 0 bridgehead atoms. The Morgan fingerprint density at radius 1 is 1.33 bits per heavy atom. The highest BCUT2D eigenvalue weighted by Gasteiger charge is 2.25. The highest BCUT2D eigenvalue weighted by molar-refractivity contribution is 5.59. The molecular weight excluding hydrogens is 232 g/mol. The number of nitrogens with zero attached hydrogens (tertiary/aromatic N) is 3. The van der Waals surface area contributed by atoms with Crippen molar-refractivity contribution in [3.63, 3.8) is 0 Å². The predicted molar refractivity (Wildman–Crippen MR) is 71.9 cm³/mol. The fourth-order valence-electron chi connectivity index (χ4n) is 1.95. The van der Waals surface area contributed by atoms with Gasteiger partial charge in [0.05, 0.1) is 4.92 Å². The van der Waals surface area contributed by atoms with Gasteiger partial charge < -0.3 is 5.32 Å². The van der Waals surface area contributed by atoms with E-state index >= 15 is 0 Å². The molecule has 18 heavy (non-hydrogen) atoms. The molecule has 0 aliphatic heterocycles. The summed E-state index contributed by atoms with van der Waals surface area (Å²) in [6.07, 6.45) is 4.77. The SMILES string of the molecule is CCCCCNc1c([N+](=O)[O-])c(CCC)nn1C. The summed E-state index contributed by atoms with van der Waals surface area (Å²) < 4.78 is 1.58. The average Bonchev–Trinajstić information content (AvgIpc) is 2.62. The molecule has 0 saturated carbocycles. The van der Waals surface area contributed by atoms with Crippen molar-refractivity contribution in [1.82, 2.24) is 9.78 Å². The first-order valence-electron chi connectivity index (χ1n) is 6.55. The lowest BCUT2D eigenvalue weighted by Crippen LogP contribution is -2.07. The Kier molecular flexibility index (Phi) is 5.61. The number of nitro groups is 1. The summed E-state index contributed by atoms with van der Waals surface area (Å²) in [4.78, 5) is 10.8. The molecule has 1 heterocycles. The fraction of sp³-hybridized carbons (Fsp3) is 0.750. The van der Waals surface area contributed by atoms with E-state index in [1.54, 1.807) is 11.7 Å². The Balaban J connectivity index is 2.84. The number of hydrogen-bond acceptors (Lipinski definition) is 4. The Morgan fingerprint density at radius 3 is 2.61 bits per heavy atom. The van der Waals surface area contributed by atoms with E-state index in [2.05, 4.69) is 17.3 Å². The molecule has 0 atom stereocenters. The van der Waals surface area contributed by atoms with Crippen LogP contribution in [0.5, 0.6) is 0 Å². The first kappa shape index (κ1) is 14.5. The van der Waals surface area contributed by atoms with E-state index in [1.165, 1.54) is 0 Å². The zero-order valence-electron chi connectivity index (χ0n) is 11.4. The molecule has 1 aromatic heterocycles. The van der Waals surface area contributed by atoms with Gasteiger partial charge in [-0.2, -0.15) is 5.10 Å². The van der Waals surface area contributed by atoms with Gasteiger partial charge >= 0.3 is 5.69 Å². The van der Waals surface area contributed by atoms with Crippen molar-refractivity contribution in [2.75, 3.05) is 11.9 Å². The topological polar surface area (TPSA) is 73.0 Å². The molecule has 1 aromatic rings. The van der Waals surface area contributed by atoms with Gasteiger partial charge in [0.1, 0.15) is 5.69 Å². The second-order valence-corrected chi connectivity index (χ2v) is 4.41. The van der Waals surface area contributed by atoms with Crippen LogP contribution in [0.25, 0.3) is 0 Å². The van der Waals surface area contributed by atoms with E-state index in [-0.39, 0.29) is 10.6 Å². The van der Waals surface area contributed by atoms with Crippen molar-refractivity contribution < 1.29 is 4.92 Å². The highest BCUT2D eigenvalue weighted by Crippen LogP contribution is 2.28. The molecule has 0 radical (unpaired) electrons. The molecule has 1 N–H and O–H groups in total. The number of rotatable bonds is 8. The first-order chi connectivity index (χ1) is 8.61. The van der Waals surface area contributed by atoms with E-state index in [1.807, 2.05) is 6.92 Å². The number of anilines is 1. The lowest BCUT2D eigenvalue weighted by molar-refractivity contribution is -0.384. The Morgan fingerprint density at radius 2 is 2.06 bits per heavy atom. The van der Waals surface area contributed by atoms with Crippen molar-refractivity contribution in [2.45, 2.75) is 46.0 Å². The summed E-state index contributed by atoms with van der Waals surface area (Å²) in [5, 5.41) is 18.5. The Bertz CT molecular complexity index is 401. The van der Waals surface area contributed by atoms with Crippen molar-refractivity contribution in [3.8, 4) is 0 Å². The Hall–Kier alpha value is -1.59. The minimum atomic E-state index is -0.333. The highest BCUT2D eigenvalue weighted by atomic mass is 16.6. The van der Waals surface area contributed by atoms with Gasteiger partial charge in [0.15, 0.2) is 0 Å². The zero-order valence-corrected chi connectivity index (χ0v) is 11.4. The maximum absolute atomic E-state index is 11.1. The van der Waals surface area contributed by atoms with Gasteiger partial charge in [-0.3, -0.25) is 10.1 Å². The summed E-state index contributed by atoms with van der Waals surface area (Å²) in [7, 11) is 1.74. The van der Waals surface area contributed by atoms with Gasteiger partial charge in [-0.1, -0.05) is 33.1 Å². The van der Waals surface area contributed by atoms with Crippen LogP contribution < -0.4 is 5.32 Å². The lowest BCUT2D eigenvalue weighted by atomic mass is 10.2. The average molecular weight is 254 g/mol. The first-order valence-corrected chi connectivity index (χ1v) is 6.55. The molecule has 0 spiro atoms. The third-order valence-corrected chi connectivity index (χ3v) is 2.83. The number of aryl methyl sites for hydroxylation is 2. The van der Waals surface area contributed by atoms with E-state index < -0.39 is 0 Å². The van der Waals surface area contributed by atoms with Crippen LogP contribution in [0.1, 0.15) is 45.2 Å². The van der Waals surface area contributed by atoms with Crippen molar-refractivity contribution in [3.05, 3.63) is 15.8 Å². The number of aromatic nitrogens is 2. The van der Waals surface area contributed by atoms with Gasteiger partial charge in [0, 0.05) is 13.6 Å². The third-order valence-electron chi connectivity index (χ3n) is 2.83. The lowest BCUT2D eigenvalue weighted by Gasteiger charge is -2.05. The van der Waals surface area contributed by atoms with Crippen LogP contribution in [0.4, 0.5) is 11.5 Å². The smallest absolute Gasteiger partial charge is 0.333 e. The maximum Gasteiger partial charge on any atom is 0.333 e. The van der Waals surface area contributed by atoms with Gasteiger partial charge in [-0.25, -0.2) is 4.68 Å². The minimum absolute atomic E-state index is 0.135. The molecule has 0 amide bonds. The molecule has 102 valence electrons. The standard InChI is InChI=1S/C12H22N4O2/c1-4-6-7-9-13-12-11(16(17)18)10(8-5-2)14-15(12)3/h13H,4-9H2,1-3H3. The van der Waals surface area contributed by atoms with Crippen LogP contribution in [-0.4, -0.2) is 21.2 Å². The van der Waals surface area contributed by atoms with Crippen LogP contribution in [-0.2, 0) is 13.5 Å². The zero-order chi connectivity index (χ0) is 13.5. The molecule has 0 aliphatic rings. The number of hydrogen-bond donors (Lipinski definition) is 1. The summed E-state index contributed by atoms with van der Waals surface area (Å²) >= 11 is 0. The number of unbranched alkanes of at least 4 members (excludes halogenated alkanes) is 2. The molecule has 0 unspecified atom stereocenters. The van der Waals surface area contributed by atoms with E-state index in [4.69, 9.17) is 0 Å². The summed E-state index contributed by atoms with van der Waals surface area (Å²) in [5.74, 6) is 0.527. The molecule has 0 aliphatic carbocycles. The molecule has 0 saturated heterocycles. The van der Waals surface area contributed by atoms with Gasteiger partial charge in [-0.15, -0.1) is 0 Å². The molecule has 0 fully saturated rings. The van der Waals surface area contributed by atoms with Gasteiger partial charge in [0.2, 0.25) is 5.82 Å². The van der Waals surface area contributed by atoms with Crippen molar-refractivity contribution >= 4 is 11.5 Å². The largest absolute Gasteiger partial charge is 0.365 e. The van der Waals surface area contributed by atoms with Crippen LogP contribution in [0.2, 0.25) is 0 Å². The Labute approximate surface area is 108 Å². The predicted octanol–water partition coefficient (Wildman–Crippen LogP) is 2.88. The monoisotopic (exact) mass is 254 g/mol. The molecule has 6 nitrogen and oxygen atoms in total. The van der Waals surface area contributed by atoms with E-state index in [0.29, 0.717) is 17.9 Å². The molecule has 6 heteroatoms. The fourth-order valence-corrected chi connectivity index (χ4v) is 1.95. The van der Waals surface area contributed by atoms with Crippen molar-refractivity contribution in [1.29, 1.82) is 0 Å². The van der Waals surface area contributed by atoms with E-state index in [9.17, 15) is 10.1 Å². The normalized spacial score (nSPS) is 10.6. The third kappa shape index (κ3) is 3.45.